The van der Waals surface area contributed by atoms with Crippen LogP contribution in [0.25, 0.3) is 0 Å². The molecular weight excluding hydrogens is 250 g/mol. The van der Waals surface area contributed by atoms with Crippen LogP contribution in [0.4, 0.5) is 0 Å². The SMILES string of the molecule is C=C(CNC(C)(C)C)CSc1nc(CC)ns1. The van der Waals surface area contributed by atoms with Crippen molar-refractivity contribution < 1.29 is 0 Å². The number of hydrogen-bond donors (Lipinski definition) is 1. The zero-order valence-electron chi connectivity index (χ0n) is 11.0. The molecule has 96 valence electrons. The molecule has 0 saturated carbocycles. The third-order valence-corrected chi connectivity index (χ3v) is 4.05. The van der Waals surface area contributed by atoms with E-state index in [4.69, 9.17) is 0 Å². The summed E-state index contributed by atoms with van der Waals surface area (Å²) in [5.74, 6) is 1.84. The zero-order chi connectivity index (χ0) is 12.9. The quantitative estimate of drug-likeness (QED) is 0.637. The maximum absolute atomic E-state index is 4.42. The van der Waals surface area contributed by atoms with Crippen molar-refractivity contribution >= 4 is 23.3 Å². The van der Waals surface area contributed by atoms with Gasteiger partial charge in [0.2, 0.25) is 0 Å². The van der Waals surface area contributed by atoms with Crippen LogP contribution in [-0.2, 0) is 6.42 Å². The summed E-state index contributed by atoms with van der Waals surface area (Å²) in [7, 11) is 0. The normalized spacial score (nSPS) is 11.8. The lowest BCUT2D eigenvalue weighted by Gasteiger charge is -2.21. The van der Waals surface area contributed by atoms with Gasteiger partial charge in [-0.2, -0.15) is 4.37 Å². The first-order valence-corrected chi connectivity index (χ1v) is 7.53. The minimum Gasteiger partial charge on any atom is -0.308 e. The molecule has 0 radical (unpaired) electrons. The van der Waals surface area contributed by atoms with Gasteiger partial charge in [-0.1, -0.05) is 30.8 Å². The van der Waals surface area contributed by atoms with E-state index in [1.165, 1.54) is 17.1 Å². The molecule has 5 heteroatoms. The van der Waals surface area contributed by atoms with E-state index in [2.05, 4.69) is 48.9 Å². The number of thioether (sulfide) groups is 1. The third-order valence-electron chi connectivity index (χ3n) is 2.03. The van der Waals surface area contributed by atoms with Gasteiger partial charge in [0.15, 0.2) is 4.34 Å². The van der Waals surface area contributed by atoms with Crippen molar-refractivity contribution in [2.24, 2.45) is 0 Å². The van der Waals surface area contributed by atoms with Gasteiger partial charge < -0.3 is 5.32 Å². The van der Waals surface area contributed by atoms with Crippen LogP contribution in [0.3, 0.4) is 0 Å². The highest BCUT2D eigenvalue weighted by Gasteiger charge is 2.09. The maximum Gasteiger partial charge on any atom is 0.170 e. The summed E-state index contributed by atoms with van der Waals surface area (Å²) in [6.07, 6.45) is 0.906. The maximum atomic E-state index is 4.42. The highest BCUT2D eigenvalue weighted by molar-refractivity contribution is 8.01. The summed E-state index contributed by atoms with van der Waals surface area (Å²) < 4.78 is 5.30. The molecule has 17 heavy (non-hydrogen) atoms. The van der Waals surface area contributed by atoms with Gasteiger partial charge in [-0.05, 0) is 32.3 Å². The van der Waals surface area contributed by atoms with E-state index in [-0.39, 0.29) is 5.54 Å². The summed E-state index contributed by atoms with van der Waals surface area (Å²) >= 11 is 3.20. The minimum absolute atomic E-state index is 0.145. The van der Waals surface area contributed by atoms with Crippen LogP contribution in [0.15, 0.2) is 16.5 Å². The number of hydrogen-bond acceptors (Lipinski definition) is 5. The smallest absolute Gasteiger partial charge is 0.170 e. The Morgan fingerprint density at radius 3 is 2.71 bits per heavy atom. The fraction of sp³-hybridized carbons (Fsp3) is 0.667. The minimum atomic E-state index is 0.145. The van der Waals surface area contributed by atoms with Gasteiger partial charge in [0.1, 0.15) is 5.82 Å². The number of aryl methyl sites for hydroxylation is 1. The van der Waals surface area contributed by atoms with Crippen LogP contribution >= 0.6 is 23.3 Å². The fourth-order valence-corrected chi connectivity index (χ4v) is 2.64. The topological polar surface area (TPSA) is 37.8 Å². The van der Waals surface area contributed by atoms with E-state index in [1.807, 2.05) is 0 Å². The molecule has 0 bridgehead atoms. The first kappa shape index (κ1) is 14.7. The molecule has 0 atom stereocenters. The average molecular weight is 271 g/mol. The average Bonchev–Trinajstić information content (AvgIpc) is 2.70. The molecule has 0 aliphatic heterocycles. The van der Waals surface area contributed by atoms with Crippen LogP contribution in [0.5, 0.6) is 0 Å². The molecule has 1 aromatic heterocycles. The van der Waals surface area contributed by atoms with Crippen molar-refractivity contribution in [3.05, 3.63) is 18.0 Å². The van der Waals surface area contributed by atoms with Gasteiger partial charge in [0, 0.05) is 24.3 Å². The second-order valence-corrected chi connectivity index (χ2v) is 6.95. The summed E-state index contributed by atoms with van der Waals surface area (Å²) in [6, 6.07) is 0. The molecule has 0 amide bonds. The van der Waals surface area contributed by atoms with Gasteiger partial charge in [-0.25, -0.2) is 4.98 Å². The Morgan fingerprint density at radius 1 is 1.47 bits per heavy atom. The van der Waals surface area contributed by atoms with Crippen molar-refractivity contribution in [1.29, 1.82) is 0 Å². The van der Waals surface area contributed by atoms with Crippen LogP contribution in [0.1, 0.15) is 33.5 Å². The van der Waals surface area contributed by atoms with Crippen LogP contribution in [0.2, 0.25) is 0 Å². The molecule has 0 saturated heterocycles. The number of aromatic nitrogens is 2. The molecule has 0 aliphatic carbocycles. The van der Waals surface area contributed by atoms with Crippen molar-refractivity contribution in [3.8, 4) is 0 Å². The Kier molecular flexibility index (Phi) is 5.62. The molecule has 0 aromatic carbocycles. The summed E-state index contributed by atoms with van der Waals surface area (Å²) in [4.78, 5) is 4.42. The molecule has 1 heterocycles. The van der Waals surface area contributed by atoms with Crippen molar-refractivity contribution in [1.82, 2.24) is 14.7 Å². The Hall–Kier alpha value is -0.390. The molecule has 0 aliphatic rings. The fourth-order valence-electron chi connectivity index (χ4n) is 1.05. The molecular formula is C12H21N3S2. The standard InChI is InChI=1S/C12H21N3S2/c1-6-10-14-11(17-15-10)16-8-9(2)7-13-12(3,4)5/h13H,2,6-8H2,1,3-5H3. The summed E-state index contributed by atoms with van der Waals surface area (Å²) in [6.45, 7) is 13.5. The molecule has 1 aromatic rings. The highest BCUT2D eigenvalue weighted by atomic mass is 32.2. The van der Waals surface area contributed by atoms with Crippen molar-refractivity contribution in [2.45, 2.75) is 44.0 Å². The molecule has 1 N–H and O–H groups in total. The number of rotatable bonds is 6. The Balaban J connectivity index is 2.28. The van der Waals surface area contributed by atoms with E-state index in [0.717, 1.165) is 28.9 Å². The lowest BCUT2D eigenvalue weighted by molar-refractivity contribution is 0.445. The van der Waals surface area contributed by atoms with Crippen molar-refractivity contribution in [3.63, 3.8) is 0 Å². The van der Waals surface area contributed by atoms with Gasteiger partial charge >= 0.3 is 0 Å². The van der Waals surface area contributed by atoms with E-state index in [9.17, 15) is 0 Å². The molecule has 1 rings (SSSR count). The summed E-state index contributed by atoms with van der Waals surface area (Å²) in [5.41, 5.74) is 1.34. The molecule has 0 fully saturated rings. The first-order valence-electron chi connectivity index (χ1n) is 5.78. The van der Waals surface area contributed by atoms with E-state index < -0.39 is 0 Å². The Morgan fingerprint density at radius 2 is 2.18 bits per heavy atom. The van der Waals surface area contributed by atoms with E-state index in [0.29, 0.717) is 0 Å². The lowest BCUT2D eigenvalue weighted by Crippen LogP contribution is -2.37. The van der Waals surface area contributed by atoms with Gasteiger partial charge in [0.05, 0.1) is 0 Å². The van der Waals surface area contributed by atoms with Crippen molar-refractivity contribution in [2.75, 3.05) is 12.3 Å². The Labute approximate surface area is 112 Å². The second kappa shape index (κ2) is 6.52. The van der Waals surface area contributed by atoms with Crippen LogP contribution in [0, 0.1) is 0 Å². The molecule has 0 unspecified atom stereocenters. The first-order chi connectivity index (χ1) is 7.90. The summed E-state index contributed by atoms with van der Waals surface area (Å²) in [5, 5.41) is 3.43. The van der Waals surface area contributed by atoms with Crippen LogP contribution < -0.4 is 5.32 Å². The van der Waals surface area contributed by atoms with Gasteiger partial charge in [0.25, 0.3) is 0 Å². The van der Waals surface area contributed by atoms with Gasteiger partial charge in [-0.15, -0.1) is 0 Å². The molecule has 3 nitrogen and oxygen atoms in total. The zero-order valence-corrected chi connectivity index (χ0v) is 12.7. The molecule has 0 spiro atoms. The lowest BCUT2D eigenvalue weighted by atomic mass is 10.1. The van der Waals surface area contributed by atoms with Gasteiger partial charge in [-0.3, -0.25) is 0 Å². The predicted octanol–water partition coefficient (Wildman–Crippen LogP) is 3.14. The second-order valence-electron chi connectivity index (χ2n) is 4.97. The largest absolute Gasteiger partial charge is 0.308 e. The third kappa shape index (κ3) is 6.19. The monoisotopic (exact) mass is 271 g/mol. The number of nitrogens with one attached hydrogen (secondary N) is 1. The van der Waals surface area contributed by atoms with Crippen LogP contribution in [-0.4, -0.2) is 27.2 Å². The highest BCUT2D eigenvalue weighted by Crippen LogP contribution is 2.22. The Bertz CT molecular complexity index is 366. The predicted molar refractivity (Wildman–Crippen MR) is 76.9 cm³/mol. The van der Waals surface area contributed by atoms with E-state index in [1.54, 1.807) is 11.8 Å². The number of nitrogens with zero attached hydrogens (tertiary/aromatic N) is 2. The van der Waals surface area contributed by atoms with E-state index >= 15 is 0 Å².